The van der Waals surface area contributed by atoms with Crippen LogP contribution in [0.1, 0.15) is 43.9 Å². The Morgan fingerprint density at radius 2 is 1.90 bits per heavy atom. The Morgan fingerprint density at radius 1 is 1.10 bits per heavy atom. The van der Waals surface area contributed by atoms with E-state index in [1.165, 1.54) is 29.4 Å². The summed E-state index contributed by atoms with van der Waals surface area (Å²) in [5.74, 6) is -1.44. The van der Waals surface area contributed by atoms with Gasteiger partial charge in [-0.3, -0.25) is 29.5 Å². The van der Waals surface area contributed by atoms with Gasteiger partial charge in [0, 0.05) is 12.2 Å². The van der Waals surface area contributed by atoms with Crippen molar-refractivity contribution in [1.29, 1.82) is 0 Å². The molecule has 0 unspecified atom stereocenters. The van der Waals surface area contributed by atoms with Crippen LogP contribution in [0, 0.1) is 0 Å². The zero-order valence-electron chi connectivity index (χ0n) is 16.4. The molecule has 1 atom stereocenters. The van der Waals surface area contributed by atoms with Crippen LogP contribution in [0.4, 0.5) is 0 Å². The smallest absolute Gasteiger partial charge is 0.280 e. The van der Waals surface area contributed by atoms with Crippen molar-refractivity contribution in [2.45, 2.75) is 18.9 Å². The Balaban J connectivity index is 1.39. The molecule has 0 spiro atoms. The molecule has 9 heteroatoms. The second kappa shape index (κ2) is 7.44. The van der Waals surface area contributed by atoms with Gasteiger partial charge < -0.3 is 4.74 Å². The minimum absolute atomic E-state index is 0.152. The summed E-state index contributed by atoms with van der Waals surface area (Å²) in [5.41, 5.74) is 3.15. The summed E-state index contributed by atoms with van der Waals surface area (Å²) in [4.78, 5) is 56.0. The fourth-order valence-corrected chi connectivity index (χ4v) is 3.91. The second-order valence-corrected chi connectivity index (χ2v) is 7.49. The Kier molecular flexibility index (Phi) is 4.59. The predicted molar refractivity (Wildman–Crippen MR) is 110 cm³/mol. The maximum atomic E-state index is 12.8. The van der Waals surface area contributed by atoms with Crippen molar-refractivity contribution in [3.63, 3.8) is 0 Å². The molecule has 2 aliphatic rings. The van der Waals surface area contributed by atoms with Crippen LogP contribution in [0.25, 0.3) is 10.9 Å². The molecule has 31 heavy (non-hydrogen) atoms. The number of rotatable bonds is 4. The molecule has 9 nitrogen and oxygen atoms in total. The Bertz CT molecular complexity index is 1290. The van der Waals surface area contributed by atoms with Gasteiger partial charge in [0.2, 0.25) is 0 Å². The standard InChI is InChI=1S/C22H18N4O5/c27-19(24-26-12-23-18-6-2-1-5-16(18)22(26)30)13-7-8-15-17(10-13)21(29)25(20(15)28)11-14-4-3-9-31-14/h1-2,5-8,10,12,14H,3-4,9,11H2,(H,24,27)/t14-/m0/s1. The second-order valence-electron chi connectivity index (χ2n) is 7.49. The highest BCUT2D eigenvalue weighted by Gasteiger charge is 2.38. The van der Waals surface area contributed by atoms with Crippen LogP contribution >= 0.6 is 0 Å². The van der Waals surface area contributed by atoms with E-state index in [4.69, 9.17) is 4.74 Å². The minimum atomic E-state index is -0.597. The van der Waals surface area contributed by atoms with E-state index in [1.807, 2.05) is 0 Å². The summed E-state index contributed by atoms with van der Waals surface area (Å²) in [6.45, 7) is 0.827. The summed E-state index contributed by atoms with van der Waals surface area (Å²) in [6, 6.07) is 11.1. The molecule has 3 amide bonds. The number of imide groups is 1. The number of nitrogens with one attached hydrogen (secondary N) is 1. The van der Waals surface area contributed by atoms with E-state index in [0.29, 0.717) is 17.5 Å². The molecule has 0 radical (unpaired) electrons. The zero-order valence-corrected chi connectivity index (χ0v) is 16.4. The number of fused-ring (bicyclic) bond motifs is 2. The first-order valence-electron chi connectivity index (χ1n) is 9.92. The third-order valence-electron chi connectivity index (χ3n) is 5.53. The van der Waals surface area contributed by atoms with Gasteiger partial charge in [-0.15, -0.1) is 0 Å². The molecule has 3 heterocycles. The molecule has 156 valence electrons. The summed E-state index contributed by atoms with van der Waals surface area (Å²) in [7, 11) is 0. The van der Waals surface area contributed by atoms with Crippen molar-refractivity contribution in [1.82, 2.24) is 14.6 Å². The molecular weight excluding hydrogens is 400 g/mol. The molecule has 1 N–H and O–H groups in total. The zero-order chi connectivity index (χ0) is 21.5. The van der Waals surface area contributed by atoms with Crippen molar-refractivity contribution in [2.24, 2.45) is 0 Å². The first-order valence-corrected chi connectivity index (χ1v) is 9.92. The van der Waals surface area contributed by atoms with Crippen LogP contribution in [-0.4, -0.2) is 51.5 Å². The Morgan fingerprint density at radius 3 is 2.71 bits per heavy atom. The van der Waals surface area contributed by atoms with E-state index >= 15 is 0 Å². The highest BCUT2D eigenvalue weighted by molar-refractivity contribution is 6.22. The number of amides is 3. The molecule has 3 aromatic rings. The third kappa shape index (κ3) is 3.28. The van der Waals surface area contributed by atoms with Gasteiger partial charge in [-0.1, -0.05) is 12.1 Å². The summed E-state index contributed by atoms with van der Waals surface area (Å²) < 4.78 is 6.53. The van der Waals surface area contributed by atoms with Gasteiger partial charge in [0.1, 0.15) is 6.33 Å². The van der Waals surface area contributed by atoms with Gasteiger partial charge in [-0.05, 0) is 43.2 Å². The van der Waals surface area contributed by atoms with Crippen LogP contribution in [0.15, 0.2) is 53.6 Å². The fraction of sp³-hybridized carbons (Fsp3) is 0.227. The topological polar surface area (TPSA) is 111 Å². The Labute approximate surface area is 176 Å². The minimum Gasteiger partial charge on any atom is -0.376 e. The van der Waals surface area contributed by atoms with Crippen LogP contribution in [0.3, 0.4) is 0 Å². The van der Waals surface area contributed by atoms with Gasteiger partial charge in [0.15, 0.2) is 0 Å². The van der Waals surface area contributed by atoms with E-state index in [2.05, 4.69) is 10.4 Å². The van der Waals surface area contributed by atoms with Gasteiger partial charge in [0.25, 0.3) is 23.3 Å². The lowest BCUT2D eigenvalue weighted by Gasteiger charge is -2.17. The lowest BCUT2D eigenvalue weighted by Crippen LogP contribution is -2.36. The molecule has 0 bridgehead atoms. The quantitative estimate of drug-likeness (QED) is 0.644. The molecule has 1 fully saturated rings. The molecule has 1 saturated heterocycles. The van der Waals surface area contributed by atoms with E-state index in [-0.39, 0.29) is 29.3 Å². The van der Waals surface area contributed by atoms with Crippen LogP contribution in [0.5, 0.6) is 0 Å². The van der Waals surface area contributed by atoms with Crippen LogP contribution in [0.2, 0.25) is 0 Å². The normalized spacial score (nSPS) is 17.9. The lowest BCUT2D eigenvalue weighted by molar-refractivity contribution is 0.0475. The van der Waals surface area contributed by atoms with E-state index < -0.39 is 23.3 Å². The van der Waals surface area contributed by atoms with Crippen molar-refractivity contribution in [3.05, 3.63) is 75.8 Å². The largest absolute Gasteiger partial charge is 0.376 e. The van der Waals surface area contributed by atoms with Crippen LogP contribution < -0.4 is 11.0 Å². The maximum Gasteiger partial charge on any atom is 0.280 e. The maximum absolute atomic E-state index is 12.8. The first kappa shape index (κ1) is 19.1. The molecule has 0 aliphatic carbocycles. The van der Waals surface area contributed by atoms with Crippen molar-refractivity contribution in [3.8, 4) is 0 Å². The summed E-state index contributed by atoms with van der Waals surface area (Å²) in [6.07, 6.45) is 2.78. The fourth-order valence-electron chi connectivity index (χ4n) is 3.91. The number of carbonyl (C=O) groups excluding carboxylic acids is 3. The summed E-state index contributed by atoms with van der Waals surface area (Å²) >= 11 is 0. The molecule has 2 aliphatic heterocycles. The monoisotopic (exact) mass is 418 g/mol. The number of hydrogen-bond acceptors (Lipinski definition) is 6. The van der Waals surface area contributed by atoms with Crippen LogP contribution in [-0.2, 0) is 4.74 Å². The van der Waals surface area contributed by atoms with E-state index in [9.17, 15) is 19.2 Å². The van der Waals surface area contributed by atoms with Crippen molar-refractivity contribution in [2.75, 3.05) is 18.6 Å². The van der Waals surface area contributed by atoms with Crippen molar-refractivity contribution < 1.29 is 19.1 Å². The highest BCUT2D eigenvalue weighted by atomic mass is 16.5. The first-order chi connectivity index (χ1) is 15.0. The number of aromatic nitrogens is 2. The molecular formula is C22H18N4O5. The van der Waals surface area contributed by atoms with Gasteiger partial charge in [-0.2, -0.15) is 0 Å². The molecule has 1 aromatic heterocycles. The van der Waals surface area contributed by atoms with Gasteiger partial charge in [-0.25, -0.2) is 9.66 Å². The van der Waals surface area contributed by atoms with Gasteiger partial charge in [0.05, 0.1) is 34.7 Å². The number of hydrogen-bond donors (Lipinski definition) is 1. The SMILES string of the molecule is O=C(Nn1cnc2ccccc2c1=O)c1ccc2c(c1)C(=O)N(C[C@@H]1CCCO1)C2=O. The number of para-hydroxylation sites is 1. The third-order valence-corrected chi connectivity index (χ3v) is 5.53. The molecule has 2 aromatic carbocycles. The average Bonchev–Trinajstić information content (AvgIpc) is 3.38. The van der Waals surface area contributed by atoms with Gasteiger partial charge >= 0.3 is 0 Å². The molecule has 5 rings (SSSR count). The number of ether oxygens (including phenoxy) is 1. The molecule has 0 saturated carbocycles. The number of carbonyl (C=O) groups is 3. The predicted octanol–water partition coefficient (Wildman–Crippen LogP) is 1.56. The average molecular weight is 418 g/mol. The van der Waals surface area contributed by atoms with E-state index in [0.717, 1.165) is 17.5 Å². The lowest BCUT2D eigenvalue weighted by atomic mass is 10.1. The summed E-state index contributed by atoms with van der Waals surface area (Å²) in [5, 5.41) is 0.366. The highest BCUT2D eigenvalue weighted by Crippen LogP contribution is 2.26. The Hall–Kier alpha value is -3.85. The van der Waals surface area contributed by atoms with E-state index in [1.54, 1.807) is 24.3 Å². The number of benzene rings is 2. The number of nitrogens with zero attached hydrogens (tertiary/aromatic N) is 3. The van der Waals surface area contributed by atoms with Crippen molar-refractivity contribution >= 4 is 28.6 Å².